The molecule has 0 spiro atoms. The Balaban J connectivity index is 2.15. The molecule has 0 aliphatic carbocycles. The van der Waals surface area contributed by atoms with Gasteiger partial charge in [0.15, 0.2) is 5.82 Å². The first-order valence-electron chi connectivity index (χ1n) is 6.49. The van der Waals surface area contributed by atoms with E-state index in [9.17, 15) is 8.78 Å². The molecule has 0 saturated carbocycles. The second kappa shape index (κ2) is 4.71. The third-order valence-electron chi connectivity index (χ3n) is 3.33. The van der Waals surface area contributed by atoms with Crippen molar-refractivity contribution in [3.05, 3.63) is 53.6 Å². The maximum absolute atomic E-state index is 13.7. The van der Waals surface area contributed by atoms with Crippen molar-refractivity contribution in [2.45, 2.75) is 19.8 Å². The third kappa shape index (κ3) is 2.18. The second-order valence-electron chi connectivity index (χ2n) is 5.15. The average molecular weight is 272 g/mol. The number of halogens is 2. The summed E-state index contributed by atoms with van der Waals surface area (Å²) in [7, 11) is 0. The van der Waals surface area contributed by atoms with E-state index in [-0.39, 0.29) is 5.52 Å². The molecule has 0 radical (unpaired) electrons. The van der Waals surface area contributed by atoms with Crippen LogP contribution < -0.4 is 0 Å². The first-order valence-corrected chi connectivity index (χ1v) is 6.49. The van der Waals surface area contributed by atoms with Crippen LogP contribution in [0.15, 0.2) is 36.4 Å². The third-order valence-corrected chi connectivity index (χ3v) is 3.33. The van der Waals surface area contributed by atoms with Gasteiger partial charge in [0.2, 0.25) is 0 Å². The van der Waals surface area contributed by atoms with E-state index in [1.165, 1.54) is 11.6 Å². The highest BCUT2D eigenvalue weighted by Crippen LogP contribution is 2.25. The minimum atomic E-state index is -0.650. The van der Waals surface area contributed by atoms with Gasteiger partial charge in [-0.25, -0.2) is 13.8 Å². The fourth-order valence-electron chi connectivity index (χ4n) is 2.22. The molecule has 102 valence electrons. The number of aromatic nitrogens is 2. The Hall–Kier alpha value is -2.23. The molecular formula is C16H14F2N2. The lowest BCUT2D eigenvalue weighted by molar-refractivity contribution is 0.591. The molecule has 2 nitrogen and oxygen atoms in total. The maximum atomic E-state index is 13.7. The number of imidazole rings is 1. The number of H-pyrrole nitrogens is 1. The predicted octanol–water partition coefficient (Wildman–Crippen LogP) is 4.63. The molecule has 1 heterocycles. The van der Waals surface area contributed by atoms with Crippen molar-refractivity contribution >= 4 is 11.0 Å². The lowest BCUT2D eigenvalue weighted by atomic mass is 10.0. The van der Waals surface area contributed by atoms with Gasteiger partial charge in [0, 0.05) is 11.6 Å². The van der Waals surface area contributed by atoms with Crippen molar-refractivity contribution in [2.24, 2.45) is 0 Å². The summed E-state index contributed by atoms with van der Waals surface area (Å²) >= 11 is 0. The van der Waals surface area contributed by atoms with Gasteiger partial charge in [0.1, 0.15) is 17.2 Å². The number of fused-ring (bicyclic) bond motifs is 1. The van der Waals surface area contributed by atoms with Gasteiger partial charge in [-0.3, -0.25) is 0 Å². The normalized spacial score (nSPS) is 11.4. The molecule has 0 fully saturated rings. The van der Waals surface area contributed by atoms with Gasteiger partial charge in [0.25, 0.3) is 0 Å². The van der Waals surface area contributed by atoms with Crippen LogP contribution in [-0.2, 0) is 0 Å². The minimum absolute atomic E-state index is 0.163. The van der Waals surface area contributed by atoms with Gasteiger partial charge >= 0.3 is 0 Å². The second-order valence-corrected chi connectivity index (χ2v) is 5.15. The maximum Gasteiger partial charge on any atom is 0.153 e. The molecule has 0 amide bonds. The molecule has 3 rings (SSSR count). The monoisotopic (exact) mass is 272 g/mol. The zero-order chi connectivity index (χ0) is 14.3. The molecule has 0 aliphatic heterocycles. The first kappa shape index (κ1) is 12.8. The highest BCUT2D eigenvalue weighted by Gasteiger charge is 2.11. The van der Waals surface area contributed by atoms with Gasteiger partial charge < -0.3 is 4.98 Å². The molecule has 3 aromatic rings. The van der Waals surface area contributed by atoms with E-state index in [2.05, 4.69) is 23.8 Å². The molecule has 0 aliphatic rings. The van der Waals surface area contributed by atoms with Crippen LogP contribution in [0, 0.1) is 11.6 Å². The molecule has 1 N–H and O–H groups in total. The molecule has 0 saturated heterocycles. The number of aromatic amines is 1. The van der Waals surface area contributed by atoms with Crippen molar-refractivity contribution in [2.75, 3.05) is 0 Å². The quantitative estimate of drug-likeness (QED) is 0.723. The number of benzene rings is 2. The van der Waals surface area contributed by atoms with Gasteiger partial charge in [-0.1, -0.05) is 32.0 Å². The molecule has 0 atom stereocenters. The number of nitrogens with zero attached hydrogens (tertiary/aromatic N) is 1. The average Bonchev–Trinajstić information content (AvgIpc) is 2.83. The van der Waals surface area contributed by atoms with E-state index in [0.717, 1.165) is 11.6 Å². The fourth-order valence-corrected chi connectivity index (χ4v) is 2.22. The zero-order valence-corrected chi connectivity index (χ0v) is 11.2. The van der Waals surface area contributed by atoms with Crippen molar-refractivity contribution in [3.63, 3.8) is 0 Å². The van der Waals surface area contributed by atoms with Crippen molar-refractivity contribution in [1.29, 1.82) is 0 Å². The van der Waals surface area contributed by atoms with Crippen LogP contribution in [0.3, 0.4) is 0 Å². The minimum Gasteiger partial charge on any atom is -0.338 e. The smallest absolute Gasteiger partial charge is 0.153 e. The van der Waals surface area contributed by atoms with Crippen molar-refractivity contribution in [3.8, 4) is 11.4 Å². The van der Waals surface area contributed by atoms with Crippen LogP contribution >= 0.6 is 0 Å². The summed E-state index contributed by atoms with van der Waals surface area (Å²) in [4.78, 5) is 7.20. The molecule has 0 unspecified atom stereocenters. The molecule has 4 heteroatoms. The summed E-state index contributed by atoms with van der Waals surface area (Å²) < 4.78 is 26.9. The van der Waals surface area contributed by atoms with Crippen LogP contribution in [0.2, 0.25) is 0 Å². The van der Waals surface area contributed by atoms with Gasteiger partial charge in [-0.15, -0.1) is 0 Å². The standard InChI is InChI=1S/C16H14F2N2/c1-9(2)10-4-3-5-11(6-10)16-19-14-8-12(17)7-13(18)15(14)20-16/h3-9H,1-2H3,(H,19,20). The fraction of sp³-hybridized carbons (Fsp3) is 0.188. The predicted molar refractivity (Wildman–Crippen MR) is 75.5 cm³/mol. The van der Waals surface area contributed by atoms with Gasteiger partial charge in [0.05, 0.1) is 5.52 Å². The SMILES string of the molecule is CC(C)c1cccc(-c2nc3c(F)cc(F)cc3[nH]2)c1. The topological polar surface area (TPSA) is 28.7 Å². The van der Waals surface area contributed by atoms with E-state index < -0.39 is 11.6 Å². The summed E-state index contributed by atoms with van der Waals surface area (Å²) in [6, 6.07) is 9.99. The van der Waals surface area contributed by atoms with Crippen molar-refractivity contribution < 1.29 is 8.78 Å². The summed E-state index contributed by atoms with van der Waals surface area (Å²) in [5.74, 6) is -0.316. The first-order chi connectivity index (χ1) is 9.54. The Morgan fingerprint density at radius 1 is 1.10 bits per heavy atom. The molecule has 0 bridgehead atoms. The van der Waals surface area contributed by atoms with Crippen LogP contribution in [0.1, 0.15) is 25.3 Å². The van der Waals surface area contributed by atoms with Crippen LogP contribution in [-0.4, -0.2) is 9.97 Å². The zero-order valence-electron chi connectivity index (χ0n) is 11.2. The molecule has 1 aromatic heterocycles. The van der Waals surface area contributed by atoms with E-state index in [1.54, 1.807) is 0 Å². The number of hydrogen-bond acceptors (Lipinski definition) is 1. The van der Waals surface area contributed by atoms with Crippen LogP contribution in [0.4, 0.5) is 8.78 Å². The van der Waals surface area contributed by atoms with Gasteiger partial charge in [-0.05, 0) is 23.6 Å². The van der Waals surface area contributed by atoms with Gasteiger partial charge in [-0.2, -0.15) is 0 Å². The van der Waals surface area contributed by atoms with E-state index in [4.69, 9.17) is 0 Å². The highest BCUT2D eigenvalue weighted by atomic mass is 19.1. The summed E-state index contributed by atoms with van der Waals surface area (Å²) in [5, 5.41) is 0. The Morgan fingerprint density at radius 2 is 1.90 bits per heavy atom. The van der Waals surface area contributed by atoms with E-state index in [1.807, 2.05) is 24.3 Å². The summed E-state index contributed by atoms with van der Waals surface area (Å²) in [6.07, 6.45) is 0. The van der Waals surface area contributed by atoms with Crippen molar-refractivity contribution in [1.82, 2.24) is 9.97 Å². The van der Waals surface area contributed by atoms with E-state index >= 15 is 0 Å². The molecule has 20 heavy (non-hydrogen) atoms. The Bertz CT molecular complexity index is 775. The summed E-state index contributed by atoms with van der Waals surface area (Å²) in [5.41, 5.74) is 2.57. The summed E-state index contributed by atoms with van der Waals surface area (Å²) in [6.45, 7) is 4.21. The molecule has 2 aromatic carbocycles. The number of hydrogen-bond donors (Lipinski definition) is 1. The Labute approximate surface area is 115 Å². The largest absolute Gasteiger partial charge is 0.338 e. The lowest BCUT2D eigenvalue weighted by Gasteiger charge is -2.06. The van der Waals surface area contributed by atoms with Crippen LogP contribution in [0.5, 0.6) is 0 Å². The lowest BCUT2D eigenvalue weighted by Crippen LogP contribution is -1.88. The van der Waals surface area contributed by atoms with E-state index in [0.29, 0.717) is 17.3 Å². The highest BCUT2D eigenvalue weighted by molar-refractivity contribution is 5.80. The Kier molecular flexibility index (Phi) is 3.01. The molecular weight excluding hydrogens is 258 g/mol. The van der Waals surface area contributed by atoms with Crippen LogP contribution in [0.25, 0.3) is 22.4 Å². The number of nitrogens with one attached hydrogen (secondary N) is 1. The Morgan fingerprint density at radius 3 is 2.65 bits per heavy atom. The number of rotatable bonds is 2.